The van der Waals surface area contributed by atoms with E-state index in [4.69, 9.17) is 9.40 Å². The Hall–Kier alpha value is -4.57. The molecule has 0 bridgehead atoms. The zero-order chi connectivity index (χ0) is 24.1. The summed E-state index contributed by atoms with van der Waals surface area (Å²) in [6.07, 6.45) is 7.37. The molecule has 0 spiro atoms. The van der Waals surface area contributed by atoms with Crippen LogP contribution >= 0.6 is 0 Å². The van der Waals surface area contributed by atoms with Gasteiger partial charge in [0.25, 0.3) is 0 Å². The molecule has 1 atom stereocenters. The molecule has 1 aliphatic rings. The molecule has 7 rings (SSSR count). The number of fused-ring (bicyclic) bond motifs is 3. The second-order valence-electron chi connectivity index (χ2n) is 9.48. The van der Waals surface area contributed by atoms with Gasteiger partial charge in [-0.2, -0.15) is 4.98 Å². The number of para-hydroxylation sites is 2. The minimum Gasteiger partial charge on any atom is -0.423 e. The number of oxazole rings is 1. The van der Waals surface area contributed by atoms with E-state index in [-0.39, 0.29) is 0 Å². The van der Waals surface area contributed by atoms with Crippen LogP contribution in [0.4, 0.5) is 11.7 Å². The molecule has 4 nitrogen and oxygen atoms in total. The van der Waals surface area contributed by atoms with Gasteiger partial charge in [-0.25, -0.2) is 0 Å². The van der Waals surface area contributed by atoms with Crippen molar-refractivity contribution in [2.45, 2.75) is 19.4 Å². The summed E-state index contributed by atoms with van der Waals surface area (Å²) in [6, 6.07) is 32.7. The molecule has 3 heterocycles. The number of rotatable bonds is 4. The molecular formula is C32H25N3O. The van der Waals surface area contributed by atoms with Crippen LogP contribution in [0.25, 0.3) is 45.3 Å². The van der Waals surface area contributed by atoms with Gasteiger partial charge in [-0.15, -0.1) is 0 Å². The first-order chi connectivity index (χ1) is 17.7. The molecule has 36 heavy (non-hydrogen) atoms. The lowest BCUT2D eigenvalue weighted by molar-refractivity contribution is 0.573. The monoisotopic (exact) mass is 467 g/mol. The molecule has 1 N–H and O–H groups in total. The zero-order valence-electron chi connectivity index (χ0n) is 20.0. The molecule has 1 aliphatic heterocycles. The van der Waals surface area contributed by atoms with Crippen LogP contribution in [0.2, 0.25) is 0 Å². The second-order valence-corrected chi connectivity index (χ2v) is 9.48. The fourth-order valence-electron chi connectivity index (χ4n) is 5.26. The fourth-order valence-corrected chi connectivity index (χ4v) is 5.26. The van der Waals surface area contributed by atoms with Gasteiger partial charge >= 0.3 is 6.01 Å². The van der Waals surface area contributed by atoms with Crippen LogP contribution in [0, 0.1) is 0 Å². The third-order valence-electron chi connectivity index (χ3n) is 7.11. The van der Waals surface area contributed by atoms with Gasteiger partial charge in [0.15, 0.2) is 5.58 Å². The lowest BCUT2D eigenvalue weighted by Crippen LogP contribution is -2.24. The Morgan fingerprint density at radius 3 is 2.61 bits per heavy atom. The van der Waals surface area contributed by atoms with Crippen LogP contribution in [-0.2, 0) is 6.42 Å². The lowest BCUT2D eigenvalue weighted by atomic mass is 10.0. The number of nitrogens with zero attached hydrogens (tertiary/aromatic N) is 2. The molecule has 4 aromatic carbocycles. The van der Waals surface area contributed by atoms with Crippen molar-refractivity contribution in [1.29, 1.82) is 0 Å². The Labute approximate surface area is 209 Å². The van der Waals surface area contributed by atoms with Gasteiger partial charge in [-0.1, -0.05) is 78.9 Å². The molecule has 0 amide bonds. The van der Waals surface area contributed by atoms with E-state index in [0.717, 1.165) is 39.7 Å². The van der Waals surface area contributed by atoms with Crippen LogP contribution in [0.5, 0.6) is 0 Å². The van der Waals surface area contributed by atoms with Gasteiger partial charge in [0.2, 0.25) is 0 Å². The van der Waals surface area contributed by atoms with Crippen molar-refractivity contribution in [3.63, 3.8) is 0 Å². The Kier molecular flexibility index (Phi) is 4.78. The highest BCUT2D eigenvalue weighted by molar-refractivity contribution is 5.91. The SMILES string of the molecule is C[C@H]1Cc2ccccc2N1c1nc2cc(-c3ccc(/C=C/c4c[nH]c5ccccc45)cc3)ccc2o1. The predicted molar refractivity (Wildman–Crippen MR) is 148 cm³/mol. The summed E-state index contributed by atoms with van der Waals surface area (Å²) in [4.78, 5) is 10.4. The first-order valence-corrected chi connectivity index (χ1v) is 12.4. The van der Waals surface area contributed by atoms with Crippen molar-refractivity contribution in [1.82, 2.24) is 9.97 Å². The zero-order valence-corrected chi connectivity index (χ0v) is 20.0. The number of aromatic amines is 1. The number of aromatic nitrogens is 2. The first kappa shape index (κ1) is 20.8. The van der Waals surface area contributed by atoms with Crippen molar-refractivity contribution >= 4 is 45.9 Å². The molecule has 0 aliphatic carbocycles. The van der Waals surface area contributed by atoms with Crippen LogP contribution in [0.1, 0.15) is 23.6 Å². The molecule has 0 saturated heterocycles. The molecule has 0 unspecified atom stereocenters. The lowest BCUT2D eigenvalue weighted by Gasteiger charge is -2.19. The molecule has 0 saturated carbocycles. The molecule has 2 aromatic heterocycles. The van der Waals surface area contributed by atoms with Gasteiger partial charge in [-0.3, -0.25) is 4.90 Å². The summed E-state index contributed by atoms with van der Waals surface area (Å²) >= 11 is 0. The third-order valence-corrected chi connectivity index (χ3v) is 7.11. The standard InChI is InChI=1S/C32H25N3O/c1-21-18-25-6-2-5-9-30(25)35(21)32-34-29-19-24(16-17-31(29)36-32)23-13-10-22(11-14-23)12-15-26-20-33-28-8-4-3-7-27(26)28/h2-17,19-21,33H,18H2,1H3/b15-12+/t21-/m0/s1. The van der Waals surface area contributed by atoms with Gasteiger partial charge in [0.05, 0.1) is 0 Å². The Balaban J connectivity index is 1.15. The number of hydrogen-bond acceptors (Lipinski definition) is 3. The summed E-state index contributed by atoms with van der Waals surface area (Å²) in [6.45, 7) is 2.22. The van der Waals surface area contributed by atoms with Crippen LogP contribution in [0.15, 0.2) is 102 Å². The Morgan fingerprint density at radius 2 is 1.69 bits per heavy atom. The minimum absolute atomic E-state index is 0.319. The van der Waals surface area contributed by atoms with E-state index in [9.17, 15) is 0 Å². The summed E-state index contributed by atoms with van der Waals surface area (Å²) in [5.74, 6) is 0. The molecular weight excluding hydrogens is 442 g/mol. The fraction of sp³-hybridized carbons (Fsp3) is 0.0938. The second kappa shape index (κ2) is 8.28. The quantitative estimate of drug-likeness (QED) is 0.284. The van der Waals surface area contributed by atoms with Gasteiger partial charge in [0.1, 0.15) is 5.52 Å². The topological polar surface area (TPSA) is 45.1 Å². The summed E-state index contributed by atoms with van der Waals surface area (Å²) in [5.41, 5.74) is 10.0. The van der Waals surface area contributed by atoms with E-state index in [1.165, 1.54) is 22.2 Å². The molecule has 0 radical (unpaired) electrons. The van der Waals surface area contributed by atoms with Crippen LogP contribution < -0.4 is 4.90 Å². The van der Waals surface area contributed by atoms with Crippen molar-refractivity contribution in [3.8, 4) is 11.1 Å². The maximum atomic E-state index is 6.19. The maximum absolute atomic E-state index is 6.19. The average molecular weight is 468 g/mol. The predicted octanol–water partition coefficient (Wildman–Crippen LogP) is 8.23. The van der Waals surface area contributed by atoms with E-state index < -0.39 is 0 Å². The maximum Gasteiger partial charge on any atom is 0.303 e. The Bertz CT molecular complexity index is 1740. The van der Waals surface area contributed by atoms with Crippen molar-refractivity contribution < 1.29 is 4.42 Å². The summed E-state index contributed by atoms with van der Waals surface area (Å²) in [7, 11) is 0. The normalized spacial score (nSPS) is 15.4. The number of H-pyrrole nitrogens is 1. The molecule has 174 valence electrons. The summed E-state index contributed by atoms with van der Waals surface area (Å²) in [5, 5.41) is 1.23. The smallest absolute Gasteiger partial charge is 0.303 e. The Morgan fingerprint density at radius 1 is 0.889 bits per heavy atom. The van der Waals surface area contributed by atoms with Gasteiger partial charge in [0, 0.05) is 28.8 Å². The number of anilines is 2. The van der Waals surface area contributed by atoms with E-state index in [1.54, 1.807) is 0 Å². The van der Waals surface area contributed by atoms with E-state index in [0.29, 0.717) is 12.1 Å². The number of nitrogens with one attached hydrogen (secondary N) is 1. The van der Waals surface area contributed by atoms with E-state index >= 15 is 0 Å². The van der Waals surface area contributed by atoms with Crippen molar-refractivity contribution in [2.75, 3.05) is 4.90 Å². The molecule has 6 aromatic rings. The first-order valence-electron chi connectivity index (χ1n) is 12.4. The molecule has 4 heteroatoms. The highest BCUT2D eigenvalue weighted by Gasteiger charge is 2.30. The van der Waals surface area contributed by atoms with Gasteiger partial charge < -0.3 is 9.40 Å². The van der Waals surface area contributed by atoms with Crippen molar-refractivity contribution in [2.24, 2.45) is 0 Å². The van der Waals surface area contributed by atoms with Crippen LogP contribution in [-0.4, -0.2) is 16.0 Å². The number of hydrogen-bond donors (Lipinski definition) is 1. The molecule has 0 fully saturated rings. The minimum atomic E-state index is 0.319. The van der Waals surface area contributed by atoms with E-state index in [2.05, 4.69) is 114 Å². The van der Waals surface area contributed by atoms with Gasteiger partial charge in [-0.05, 0) is 65.4 Å². The largest absolute Gasteiger partial charge is 0.423 e. The third kappa shape index (κ3) is 3.50. The van der Waals surface area contributed by atoms with E-state index in [1.807, 2.05) is 12.1 Å². The number of benzene rings is 4. The summed E-state index contributed by atoms with van der Waals surface area (Å²) < 4.78 is 6.19. The highest BCUT2D eigenvalue weighted by atomic mass is 16.4. The average Bonchev–Trinajstić information content (AvgIpc) is 3.61. The highest BCUT2D eigenvalue weighted by Crippen LogP contribution is 2.39. The van der Waals surface area contributed by atoms with Crippen molar-refractivity contribution in [3.05, 3.63) is 114 Å². The van der Waals surface area contributed by atoms with Crippen LogP contribution in [0.3, 0.4) is 0 Å².